The number of nitrogens with zero attached hydrogens (tertiary/aromatic N) is 1. The number of rotatable bonds is 3. The molecule has 0 radical (unpaired) electrons. The number of hydrogen-bond acceptors (Lipinski definition) is 3. The van der Waals surface area contributed by atoms with E-state index in [2.05, 4.69) is 29.4 Å². The van der Waals surface area contributed by atoms with Crippen molar-refractivity contribution in [2.45, 2.75) is 26.3 Å². The Kier molecular flexibility index (Phi) is 2.36. The van der Waals surface area contributed by atoms with Crippen LogP contribution in [0.15, 0.2) is 6.20 Å². The summed E-state index contributed by atoms with van der Waals surface area (Å²) in [7, 11) is 0. The average Bonchev–Trinajstić information content (AvgIpc) is 2.37. The molecule has 1 rings (SSSR count). The molecule has 0 amide bonds. The molecule has 4 heteroatoms. The minimum absolute atomic E-state index is 0.440. The molecule has 11 heavy (non-hydrogen) atoms. The van der Waals surface area contributed by atoms with E-state index < -0.39 is 0 Å². The third-order valence-corrected chi connectivity index (χ3v) is 1.68. The number of nitrogens with one attached hydrogen (secondary N) is 2. The van der Waals surface area contributed by atoms with Crippen LogP contribution >= 0.6 is 0 Å². The summed E-state index contributed by atoms with van der Waals surface area (Å²) in [5.41, 5.74) is 6.45. The fraction of sp³-hybridized carbons (Fsp3) is 0.571. The van der Waals surface area contributed by atoms with Crippen LogP contribution < -0.4 is 11.1 Å². The first-order valence-corrected chi connectivity index (χ1v) is 3.79. The molecule has 4 nitrogen and oxygen atoms in total. The Hall–Kier alpha value is -1.19. The Morgan fingerprint density at radius 1 is 1.82 bits per heavy atom. The molecule has 1 atom stereocenters. The van der Waals surface area contributed by atoms with Crippen LogP contribution in [-0.2, 0) is 0 Å². The molecule has 4 N–H and O–H groups in total. The maximum absolute atomic E-state index is 5.56. The number of aromatic nitrogens is 2. The van der Waals surface area contributed by atoms with Crippen molar-refractivity contribution >= 4 is 11.5 Å². The van der Waals surface area contributed by atoms with E-state index in [1.165, 1.54) is 0 Å². The quantitative estimate of drug-likeness (QED) is 0.613. The van der Waals surface area contributed by atoms with Crippen molar-refractivity contribution in [1.82, 2.24) is 10.2 Å². The number of nitrogens with two attached hydrogens (primary N) is 1. The fourth-order valence-corrected chi connectivity index (χ4v) is 0.779. The van der Waals surface area contributed by atoms with Crippen LogP contribution in [0.25, 0.3) is 0 Å². The summed E-state index contributed by atoms with van der Waals surface area (Å²) < 4.78 is 0. The lowest BCUT2D eigenvalue weighted by Crippen LogP contribution is -2.13. The highest BCUT2D eigenvalue weighted by atomic mass is 15.2. The van der Waals surface area contributed by atoms with Gasteiger partial charge in [-0.25, -0.2) is 0 Å². The van der Waals surface area contributed by atoms with E-state index in [0.717, 1.165) is 12.1 Å². The first-order valence-electron chi connectivity index (χ1n) is 3.79. The van der Waals surface area contributed by atoms with Crippen molar-refractivity contribution in [3.05, 3.63) is 6.20 Å². The predicted octanol–water partition coefficient (Wildman–Crippen LogP) is 1.20. The summed E-state index contributed by atoms with van der Waals surface area (Å²) >= 11 is 0. The maximum atomic E-state index is 5.56. The van der Waals surface area contributed by atoms with E-state index in [0.29, 0.717) is 11.9 Å². The summed E-state index contributed by atoms with van der Waals surface area (Å²) in [5.74, 6) is 0.602. The van der Waals surface area contributed by atoms with Crippen molar-refractivity contribution in [3.63, 3.8) is 0 Å². The first kappa shape index (κ1) is 7.91. The van der Waals surface area contributed by atoms with Crippen molar-refractivity contribution < 1.29 is 0 Å². The molecule has 0 fully saturated rings. The number of aromatic amines is 1. The Morgan fingerprint density at radius 2 is 2.55 bits per heavy atom. The van der Waals surface area contributed by atoms with Crippen LogP contribution in [0.3, 0.4) is 0 Å². The van der Waals surface area contributed by atoms with Gasteiger partial charge in [-0.15, -0.1) is 0 Å². The van der Waals surface area contributed by atoms with Crippen molar-refractivity contribution in [1.29, 1.82) is 0 Å². The van der Waals surface area contributed by atoms with E-state index >= 15 is 0 Å². The molecule has 0 aromatic carbocycles. The SMILES string of the molecule is CCC(C)Nc1cn[nH]c1N. The molecule has 0 aliphatic carbocycles. The molecule has 1 aromatic rings. The zero-order chi connectivity index (χ0) is 8.27. The Balaban J connectivity index is 2.56. The number of anilines is 2. The average molecular weight is 154 g/mol. The lowest BCUT2D eigenvalue weighted by molar-refractivity contribution is 0.764. The van der Waals surface area contributed by atoms with Crippen LogP contribution in [0.2, 0.25) is 0 Å². The van der Waals surface area contributed by atoms with Crippen LogP contribution in [-0.4, -0.2) is 16.2 Å². The van der Waals surface area contributed by atoms with Gasteiger partial charge >= 0.3 is 0 Å². The molecule has 1 unspecified atom stereocenters. The first-order chi connectivity index (χ1) is 5.24. The molecular weight excluding hydrogens is 140 g/mol. The van der Waals surface area contributed by atoms with Gasteiger partial charge in [-0.1, -0.05) is 6.92 Å². The molecule has 0 spiro atoms. The second kappa shape index (κ2) is 3.27. The monoisotopic (exact) mass is 154 g/mol. The zero-order valence-corrected chi connectivity index (χ0v) is 6.89. The standard InChI is InChI=1S/C7H14N4/c1-3-5(2)10-6-4-9-11-7(6)8/h4-5,10H,3H2,1-2H3,(H3,8,9,11). The molecule has 0 saturated carbocycles. The Labute approximate surface area is 66.2 Å². The molecule has 0 aliphatic rings. The highest BCUT2D eigenvalue weighted by Crippen LogP contribution is 2.14. The zero-order valence-electron chi connectivity index (χ0n) is 6.89. The van der Waals surface area contributed by atoms with Gasteiger partial charge in [0.05, 0.1) is 11.9 Å². The van der Waals surface area contributed by atoms with Gasteiger partial charge in [0.25, 0.3) is 0 Å². The summed E-state index contributed by atoms with van der Waals surface area (Å²) in [6.07, 6.45) is 2.77. The van der Waals surface area contributed by atoms with Gasteiger partial charge in [0.15, 0.2) is 0 Å². The van der Waals surface area contributed by atoms with Crippen molar-refractivity contribution in [2.24, 2.45) is 0 Å². The largest absolute Gasteiger partial charge is 0.382 e. The normalized spacial score (nSPS) is 12.9. The van der Waals surface area contributed by atoms with Gasteiger partial charge in [0.1, 0.15) is 5.82 Å². The topological polar surface area (TPSA) is 66.7 Å². The Bertz CT molecular complexity index is 218. The lowest BCUT2D eigenvalue weighted by Gasteiger charge is -2.10. The van der Waals surface area contributed by atoms with Crippen LogP contribution in [0.1, 0.15) is 20.3 Å². The van der Waals surface area contributed by atoms with Crippen LogP contribution in [0, 0.1) is 0 Å². The molecule has 0 saturated heterocycles. The predicted molar refractivity (Wildman–Crippen MR) is 46.4 cm³/mol. The van der Waals surface area contributed by atoms with Crippen molar-refractivity contribution in [3.8, 4) is 0 Å². The number of hydrogen-bond donors (Lipinski definition) is 3. The molecular formula is C7H14N4. The second-order valence-corrected chi connectivity index (χ2v) is 2.65. The minimum atomic E-state index is 0.440. The van der Waals surface area contributed by atoms with Gasteiger partial charge < -0.3 is 11.1 Å². The summed E-state index contributed by atoms with van der Waals surface area (Å²) in [6.45, 7) is 4.22. The molecule has 0 bridgehead atoms. The number of H-pyrrole nitrogens is 1. The number of nitrogen functional groups attached to an aromatic ring is 1. The third-order valence-electron chi connectivity index (χ3n) is 1.68. The summed E-state index contributed by atoms with van der Waals surface area (Å²) in [5, 5.41) is 9.68. The fourth-order valence-electron chi connectivity index (χ4n) is 0.779. The summed E-state index contributed by atoms with van der Waals surface area (Å²) in [6, 6.07) is 0.440. The molecule has 0 aliphatic heterocycles. The van der Waals surface area contributed by atoms with Gasteiger partial charge in [-0.2, -0.15) is 5.10 Å². The minimum Gasteiger partial charge on any atom is -0.382 e. The molecule has 62 valence electrons. The van der Waals surface area contributed by atoms with E-state index in [4.69, 9.17) is 5.73 Å². The summed E-state index contributed by atoms with van der Waals surface area (Å²) in [4.78, 5) is 0. The molecule has 1 aromatic heterocycles. The third kappa shape index (κ3) is 1.86. The van der Waals surface area contributed by atoms with Gasteiger partial charge in [0, 0.05) is 6.04 Å². The van der Waals surface area contributed by atoms with Gasteiger partial charge in [-0.05, 0) is 13.3 Å². The second-order valence-electron chi connectivity index (χ2n) is 2.65. The van der Waals surface area contributed by atoms with E-state index in [1.54, 1.807) is 6.20 Å². The highest BCUT2D eigenvalue weighted by molar-refractivity contribution is 5.60. The van der Waals surface area contributed by atoms with E-state index in [1.807, 2.05) is 0 Å². The molecule has 1 heterocycles. The van der Waals surface area contributed by atoms with Crippen LogP contribution in [0.5, 0.6) is 0 Å². The maximum Gasteiger partial charge on any atom is 0.142 e. The van der Waals surface area contributed by atoms with Gasteiger partial charge in [0.2, 0.25) is 0 Å². The van der Waals surface area contributed by atoms with Crippen molar-refractivity contribution in [2.75, 3.05) is 11.1 Å². The highest BCUT2D eigenvalue weighted by Gasteiger charge is 2.02. The van der Waals surface area contributed by atoms with Crippen LogP contribution in [0.4, 0.5) is 11.5 Å². The smallest absolute Gasteiger partial charge is 0.142 e. The Morgan fingerprint density at radius 3 is 3.00 bits per heavy atom. The lowest BCUT2D eigenvalue weighted by atomic mass is 10.2. The van der Waals surface area contributed by atoms with E-state index in [9.17, 15) is 0 Å². The van der Waals surface area contributed by atoms with Gasteiger partial charge in [-0.3, -0.25) is 5.10 Å². The van der Waals surface area contributed by atoms with E-state index in [-0.39, 0.29) is 0 Å².